The van der Waals surface area contributed by atoms with Crippen LogP contribution in [0.1, 0.15) is 0 Å². The number of nitrogen functional groups attached to an aromatic ring is 1. The van der Waals surface area contributed by atoms with E-state index in [-0.39, 0.29) is 17.1 Å². The highest BCUT2D eigenvalue weighted by Gasteiger charge is 2.30. The van der Waals surface area contributed by atoms with Gasteiger partial charge in [0.2, 0.25) is 0 Å². The molecule has 4 rings (SSSR count). The van der Waals surface area contributed by atoms with E-state index >= 15 is 0 Å². The number of fused-ring (bicyclic) bond motifs is 1. The molecule has 0 heterocycles. The van der Waals surface area contributed by atoms with Crippen molar-refractivity contribution in [2.45, 2.75) is 9.79 Å². The fourth-order valence-electron chi connectivity index (χ4n) is 3.51. The molecule has 34 heavy (non-hydrogen) atoms. The van der Waals surface area contributed by atoms with Gasteiger partial charge >= 0.3 is 0 Å². The second-order valence-electron chi connectivity index (χ2n) is 7.32. The maximum atomic E-state index is 12.3. The van der Waals surface area contributed by atoms with Crippen molar-refractivity contribution in [3.8, 4) is 5.75 Å². The minimum atomic E-state index is -5.16. The summed E-state index contributed by atoms with van der Waals surface area (Å²) < 4.78 is 68.2. The predicted octanol–water partition coefficient (Wildman–Crippen LogP) is 4.11. The van der Waals surface area contributed by atoms with E-state index in [4.69, 9.17) is 5.73 Å². The Bertz CT molecular complexity index is 1620. The Kier molecular flexibility index (Phi) is 5.83. The zero-order valence-corrected chi connectivity index (χ0v) is 18.9. The van der Waals surface area contributed by atoms with Crippen molar-refractivity contribution in [3.05, 3.63) is 72.8 Å². The lowest BCUT2D eigenvalue weighted by Crippen LogP contribution is -2.13. The van der Waals surface area contributed by atoms with Gasteiger partial charge in [0.15, 0.2) is 0 Å². The molecule has 0 aromatic heterocycles. The molecule has 4 aromatic rings. The molecule has 0 aliphatic heterocycles. The fourth-order valence-corrected chi connectivity index (χ4v) is 5.46. The number of phenols is 1. The van der Waals surface area contributed by atoms with Gasteiger partial charge in [-0.1, -0.05) is 24.3 Å². The molecule has 12 heteroatoms. The molecule has 0 spiro atoms. The number of hydrogen-bond donors (Lipinski definition) is 6. The molecule has 0 amide bonds. The molecule has 0 saturated heterocycles. The lowest BCUT2D eigenvalue weighted by Gasteiger charge is -2.20. The van der Waals surface area contributed by atoms with E-state index in [2.05, 4.69) is 10.6 Å². The van der Waals surface area contributed by atoms with Gasteiger partial charge in [0, 0.05) is 27.8 Å². The first-order valence-electron chi connectivity index (χ1n) is 9.67. The van der Waals surface area contributed by atoms with Crippen molar-refractivity contribution in [2.75, 3.05) is 16.4 Å². The van der Waals surface area contributed by atoms with Crippen molar-refractivity contribution in [1.82, 2.24) is 0 Å². The number of rotatable bonds is 6. The van der Waals surface area contributed by atoms with Crippen molar-refractivity contribution in [1.29, 1.82) is 0 Å². The smallest absolute Gasteiger partial charge is 0.298 e. The van der Waals surface area contributed by atoms with E-state index in [0.717, 1.165) is 6.07 Å². The highest BCUT2D eigenvalue weighted by atomic mass is 32.2. The van der Waals surface area contributed by atoms with Crippen LogP contribution in [0, 0.1) is 0 Å². The van der Waals surface area contributed by atoms with Crippen LogP contribution in [0.4, 0.5) is 28.4 Å². The molecule has 0 atom stereocenters. The average Bonchev–Trinajstić information content (AvgIpc) is 2.75. The van der Waals surface area contributed by atoms with Gasteiger partial charge < -0.3 is 21.5 Å². The quantitative estimate of drug-likeness (QED) is 0.166. The van der Waals surface area contributed by atoms with E-state index in [1.54, 1.807) is 54.6 Å². The van der Waals surface area contributed by atoms with Crippen molar-refractivity contribution in [3.63, 3.8) is 0 Å². The number of phenolic OH excluding ortho intramolecular Hbond substituents is 1. The molecule has 10 nitrogen and oxygen atoms in total. The predicted molar refractivity (Wildman–Crippen MR) is 129 cm³/mol. The Hall–Kier alpha value is -3.84. The minimum Gasteiger partial charge on any atom is -0.507 e. The maximum Gasteiger partial charge on any atom is 0.298 e. The van der Waals surface area contributed by atoms with E-state index in [9.17, 15) is 31.0 Å². The number of anilines is 5. The third kappa shape index (κ3) is 4.61. The number of nitrogens with two attached hydrogens (primary N) is 1. The lowest BCUT2D eigenvalue weighted by atomic mass is 10.1. The molecule has 7 N–H and O–H groups in total. The zero-order valence-electron chi connectivity index (χ0n) is 17.3. The summed E-state index contributed by atoms with van der Waals surface area (Å²) in [5.41, 5.74) is 6.69. The summed E-state index contributed by atoms with van der Waals surface area (Å²) in [6, 6.07) is 18.0. The first-order valence-corrected chi connectivity index (χ1v) is 12.6. The summed E-state index contributed by atoms with van der Waals surface area (Å²) >= 11 is 0. The molecule has 0 radical (unpaired) electrons. The van der Waals surface area contributed by atoms with Crippen molar-refractivity contribution >= 4 is 59.4 Å². The Morgan fingerprint density at radius 2 is 1.32 bits per heavy atom. The van der Waals surface area contributed by atoms with Crippen LogP contribution >= 0.6 is 0 Å². The molecule has 176 valence electrons. The third-order valence-electron chi connectivity index (χ3n) is 5.01. The van der Waals surface area contributed by atoms with Gasteiger partial charge in [-0.05, 0) is 48.5 Å². The van der Waals surface area contributed by atoms with Gasteiger partial charge in [0.1, 0.15) is 15.5 Å². The third-order valence-corrected chi connectivity index (χ3v) is 6.97. The van der Waals surface area contributed by atoms with Crippen molar-refractivity contribution < 1.29 is 31.0 Å². The molecule has 4 aromatic carbocycles. The maximum absolute atomic E-state index is 12.3. The summed E-state index contributed by atoms with van der Waals surface area (Å²) in [6.07, 6.45) is 0. The van der Waals surface area contributed by atoms with Crippen molar-refractivity contribution in [2.24, 2.45) is 0 Å². The fraction of sp³-hybridized carbons (Fsp3) is 0. The van der Waals surface area contributed by atoms with Gasteiger partial charge in [-0.15, -0.1) is 0 Å². The summed E-state index contributed by atoms with van der Waals surface area (Å²) in [4.78, 5) is -2.06. The SMILES string of the molecule is Nc1ccc(Nc2ccc(S(=O)(=O)O)c(S(=O)(=O)O)c2Nc2cccc3c(O)cccc23)cc1. The molecule has 0 aliphatic carbocycles. The van der Waals surface area contributed by atoms with Crippen LogP contribution in [-0.4, -0.2) is 31.0 Å². The Balaban J connectivity index is 2.00. The lowest BCUT2D eigenvalue weighted by molar-refractivity contribution is 0.467. The van der Waals surface area contributed by atoms with Gasteiger partial charge in [-0.25, -0.2) is 0 Å². The van der Waals surface area contributed by atoms with Crippen LogP contribution in [0.25, 0.3) is 10.8 Å². The van der Waals surface area contributed by atoms with Crippen LogP contribution in [0.5, 0.6) is 5.75 Å². The van der Waals surface area contributed by atoms with E-state index in [0.29, 0.717) is 27.8 Å². The number of benzene rings is 4. The Morgan fingerprint density at radius 3 is 1.97 bits per heavy atom. The van der Waals surface area contributed by atoms with Gasteiger partial charge in [0.05, 0.1) is 11.4 Å². The van der Waals surface area contributed by atoms with Gasteiger partial charge in [-0.3, -0.25) is 9.11 Å². The van der Waals surface area contributed by atoms with E-state index in [1.807, 2.05) is 0 Å². The molecule has 0 unspecified atom stereocenters. The monoisotopic (exact) mass is 501 g/mol. The standard InChI is InChI=1S/C22H19N3O7S2/c23-13-7-9-14(10-8-13)24-18-11-12-20(33(27,28)29)22(34(30,31)32)21(18)25-17-5-1-4-16-15(17)3-2-6-19(16)26/h1-12,24-26H,23H2,(H,27,28,29)(H,30,31,32). The summed E-state index contributed by atoms with van der Waals surface area (Å²) in [7, 11) is -10.2. The molecule has 0 bridgehead atoms. The highest BCUT2D eigenvalue weighted by molar-refractivity contribution is 7.89. The molecule has 0 saturated carbocycles. The molecular formula is C22H19N3O7S2. The first-order chi connectivity index (χ1) is 15.9. The molecule has 0 fully saturated rings. The largest absolute Gasteiger partial charge is 0.507 e. The summed E-state index contributed by atoms with van der Waals surface area (Å²) in [6.45, 7) is 0. The van der Waals surface area contributed by atoms with Gasteiger partial charge in [0.25, 0.3) is 20.2 Å². The topological polar surface area (TPSA) is 179 Å². The Morgan fingerprint density at radius 1 is 0.676 bits per heavy atom. The minimum absolute atomic E-state index is 0.0249. The second kappa shape index (κ2) is 8.50. The van der Waals surface area contributed by atoms with Crippen LogP contribution in [0.3, 0.4) is 0 Å². The molecular weight excluding hydrogens is 482 g/mol. The van der Waals surface area contributed by atoms with Gasteiger partial charge in [-0.2, -0.15) is 16.8 Å². The number of nitrogens with one attached hydrogen (secondary N) is 2. The van der Waals surface area contributed by atoms with Crippen LogP contribution < -0.4 is 16.4 Å². The van der Waals surface area contributed by atoms with Crippen LogP contribution in [0.15, 0.2) is 82.6 Å². The summed E-state index contributed by atoms with van der Waals surface area (Å²) in [5.74, 6) is -0.0249. The first kappa shape index (κ1) is 23.3. The number of aromatic hydroxyl groups is 1. The number of hydrogen-bond acceptors (Lipinski definition) is 8. The molecule has 0 aliphatic rings. The van der Waals surface area contributed by atoms with E-state index < -0.39 is 30.0 Å². The van der Waals surface area contributed by atoms with Crippen LogP contribution in [-0.2, 0) is 20.2 Å². The average molecular weight is 502 g/mol. The normalized spacial score (nSPS) is 11.9. The second-order valence-corrected chi connectivity index (χ2v) is 10.1. The summed E-state index contributed by atoms with van der Waals surface area (Å²) in [5, 5.41) is 16.9. The zero-order chi connectivity index (χ0) is 24.7. The highest BCUT2D eigenvalue weighted by Crippen LogP contribution is 2.40. The van der Waals surface area contributed by atoms with Crippen LogP contribution in [0.2, 0.25) is 0 Å². The van der Waals surface area contributed by atoms with E-state index in [1.165, 1.54) is 12.1 Å². The Labute approximate surface area is 195 Å².